The molecule has 1 aromatic carbocycles. The van der Waals surface area contributed by atoms with Crippen molar-refractivity contribution in [2.75, 3.05) is 0 Å². The Balaban J connectivity index is 0.00000192. The molecule has 3 rings (SSSR count). The van der Waals surface area contributed by atoms with E-state index in [0.29, 0.717) is 18.5 Å². The highest BCUT2D eigenvalue weighted by molar-refractivity contribution is 14.0. The molecule has 1 aliphatic rings. The molecule has 1 heterocycles. The van der Waals surface area contributed by atoms with Crippen LogP contribution in [0.2, 0.25) is 0 Å². The highest BCUT2D eigenvalue weighted by atomic mass is 127. The molecular formula is C18H23IN4. The number of hydrogen-bond donors (Lipinski definition) is 2. The predicted molar refractivity (Wildman–Crippen MR) is 106 cm³/mol. The molecule has 1 saturated carbocycles. The van der Waals surface area contributed by atoms with Gasteiger partial charge in [-0.3, -0.25) is 4.98 Å². The molecule has 1 fully saturated rings. The van der Waals surface area contributed by atoms with E-state index in [1.807, 2.05) is 18.3 Å². The molecule has 0 spiro atoms. The fourth-order valence-corrected chi connectivity index (χ4v) is 2.88. The molecule has 1 aliphatic carbocycles. The Morgan fingerprint density at radius 1 is 1.17 bits per heavy atom. The maximum absolute atomic E-state index is 5.98. The molecule has 0 aliphatic heterocycles. The summed E-state index contributed by atoms with van der Waals surface area (Å²) in [4.78, 5) is 8.63. The van der Waals surface area contributed by atoms with Crippen molar-refractivity contribution in [3.8, 4) is 11.1 Å². The molecule has 0 amide bonds. The smallest absolute Gasteiger partial charge is 0.189 e. The number of hydrogen-bond acceptors (Lipinski definition) is 2. The topological polar surface area (TPSA) is 63.3 Å². The number of rotatable bonds is 4. The van der Waals surface area contributed by atoms with E-state index in [0.717, 1.165) is 16.7 Å². The van der Waals surface area contributed by atoms with Gasteiger partial charge in [0.2, 0.25) is 0 Å². The molecule has 5 heteroatoms. The van der Waals surface area contributed by atoms with Crippen molar-refractivity contribution >= 4 is 29.9 Å². The normalized spacial score (nSPS) is 15.2. The van der Waals surface area contributed by atoms with Gasteiger partial charge in [0.25, 0.3) is 0 Å². The summed E-state index contributed by atoms with van der Waals surface area (Å²) in [6.45, 7) is 0.597. The number of benzene rings is 1. The van der Waals surface area contributed by atoms with Crippen molar-refractivity contribution in [3.05, 3.63) is 54.4 Å². The van der Waals surface area contributed by atoms with Crippen molar-refractivity contribution in [1.29, 1.82) is 0 Å². The number of aromatic nitrogens is 1. The minimum Gasteiger partial charge on any atom is -0.370 e. The van der Waals surface area contributed by atoms with Crippen LogP contribution in [0.25, 0.3) is 11.1 Å². The zero-order valence-electron chi connectivity index (χ0n) is 13.1. The van der Waals surface area contributed by atoms with E-state index in [1.54, 1.807) is 6.20 Å². The van der Waals surface area contributed by atoms with Crippen molar-refractivity contribution < 1.29 is 0 Å². The zero-order chi connectivity index (χ0) is 15.2. The average molecular weight is 422 g/mol. The summed E-state index contributed by atoms with van der Waals surface area (Å²) in [6.07, 6.45) is 8.64. The van der Waals surface area contributed by atoms with Crippen LogP contribution in [0.4, 0.5) is 0 Å². The van der Waals surface area contributed by atoms with Crippen LogP contribution in [0.5, 0.6) is 0 Å². The van der Waals surface area contributed by atoms with Gasteiger partial charge in [-0.1, -0.05) is 37.1 Å². The summed E-state index contributed by atoms with van der Waals surface area (Å²) in [7, 11) is 0. The van der Waals surface area contributed by atoms with Gasteiger partial charge in [0.05, 0.1) is 6.54 Å². The Hall–Kier alpha value is -1.63. The number of aliphatic imine (C=N–C) groups is 1. The van der Waals surface area contributed by atoms with E-state index in [9.17, 15) is 0 Å². The van der Waals surface area contributed by atoms with Crippen LogP contribution < -0.4 is 11.1 Å². The lowest BCUT2D eigenvalue weighted by Crippen LogP contribution is -2.38. The summed E-state index contributed by atoms with van der Waals surface area (Å²) in [5.41, 5.74) is 9.40. The SMILES string of the molecule is I.NC(=NCc1cccc(-c2cccnc2)c1)NC1CCCC1. The summed E-state index contributed by atoms with van der Waals surface area (Å²) in [5, 5.41) is 3.31. The Kier molecular flexibility index (Phi) is 6.83. The number of nitrogens with two attached hydrogens (primary N) is 1. The largest absolute Gasteiger partial charge is 0.370 e. The standard InChI is InChI=1S/C18H22N4.HI/c19-18(22-17-8-1-2-9-17)21-12-14-5-3-6-15(11-14)16-7-4-10-20-13-16;/h3-7,10-11,13,17H,1-2,8-9,12H2,(H3,19,21,22);1H. The van der Waals surface area contributed by atoms with Crippen LogP contribution in [0.15, 0.2) is 53.8 Å². The lowest BCUT2D eigenvalue weighted by molar-refractivity contribution is 0.625. The molecule has 0 bridgehead atoms. The van der Waals surface area contributed by atoms with Gasteiger partial charge in [-0.2, -0.15) is 0 Å². The molecule has 122 valence electrons. The predicted octanol–water partition coefficient (Wildman–Crippen LogP) is 3.71. The van der Waals surface area contributed by atoms with E-state index in [4.69, 9.17) is 5.73 Å². The lowest BCUT2D eigenvalue weighted by atomic mass is 10.1. The first-order valence-electron chi connectivity index (χ1n) is 7.87. The molecule has 23 heavy (non-hydrogen) atoms. The van der Waals surface area contributed by atoms with E-state index in [1.165, 1.54) is 25.7 Å². The van der Waals surface area contributed by atoms with E-state index in [-0.39, 0.29) is 24.0 Å². The monoisotopic (exact) mass is 422 g/mol. The quantitative estimate of drug-likeness (QED) is 0.449. The Bertz CT molecular complexity index is 636. The molecule has 0 saturated heterocycles. The minimum absolute atomic E-state index is 0. The molecular weight excluding hydrogens is 399 g/mol. The maximum atomic E-state index is 5.98. The van der Waals surface area contributed by atoms with Crippen LogP contribution in [0.3, 0.4) is 0 Å². The number of pyridine rings is 1. The second-order valence-corrected chi connectivity index (χ2v) is 5.77. The van der Waals surface area contributed by atoms with Gasteiger partial charge in [-0.25, -0.2) is 4.99 Å². The highest BCUT2D eigenvalue weighted by Crippen LogP contribution is 2.20. The van der Waals surface area contributed by atoms with Crippen LogP contribution in [-0.4, -0.2) is 17.0 Å². The molecule has 3 N–H and O–H groups in total. The van der Waals surface area contributed by atoms with Crippen LogP contribution in [0, 0.1) is 0 Å². The second kappa shape index (κ2) is 8.86. The van der Waals surface area contributed by atoms with Crippen LogP contribution >= 0.6 is 24.0 Å². The average Bonchev–Trinajstić information content (AvgIpc) is 3.07. The van der Waals surface area contributed by atoms with Crippen molar-refractivity contribution in [1.82, 2.24) is 10.3 Å². The number of nitrogens with one attached hydrogen (secondary N) is 1. The minimum atomic E-state index is 0. The third kappa shape index (κ3) is 5.20. The molecule has 2 aromatic rings. The Morgan fingerprint density at radius 2 is 1.96 bits per heavy atom. The van der Waals surface area contributed by atoms with Gasteiger partial charge >= 0.3 is 0 Å². The van der Waals surface area contributed by atoms with E-state index >= 15 is 0 Å². The summed E-state index contributed by atoms with van der Waals surface area (Å²) in [5.74, 6) is 0.554. The highest BCUT2D eigenvalue weighted by Gasteiger charge is 2.14. The van der Waals surface area contributed by atoms with Crippen LogP contribution in [-0.2, 0) is 6.54 Å². The number of guanidine groups is 1. The Morgan fingerprint density at radius 3 is 2.70 bits per heavy atom. The van der Waals surface area contributed by atoms with Crippen molar-refractivity contribution in [2.24, 2.45) is 10.7 Å². The lowest BCUT2D eigenvalue weighted by Gasteiger charge is -2.12. The fourth-order valence-electron chi connectivity index (χ4n) is 2.88. The van der Waals surface area contributed by atoms with Gasteiger partial charge in [-0.15, -0.1) is 24.0 Å². The number of halogens is 1. The molecule has 4 nitrogen and oxygen atoms in total. The van der Waals surface area contributed by atoms with E-state index in [2.05, 4.69) is 39.6 Å². The molecule has 0 atom stereocenters. The van der Waals surface area contributed by atoms with Gasteiger partial charge in [0.15, 0.2) is 5.96 Å². The van der Waals surface area contributed by atoms with Gasteiger partial charge in [0.1, 0.15) is 0 Å². The van der Waals surface area contributed by atoms with Gasteiger partial charge in [-0.05, 0) is 41.7 Å². The molecule has 1 aromatic heterocycles. The van der Waals surface area contributed by atoms with Crippen LogP contribution in [0.1, 0.15) is 31.2 Å². The second-order valence-electron chi connectivity index (χ2n) is 5.77. The first-order valence-corrected chi connectivity index (χ1v) is 7.87. The zero-order valence-corrected chi connectivity index (χ0v) is 15.4. The third-order valence-electron chi connectivity index (χ3n) is 4.06. The Labute approximate surface area is 154 Å². The molecule has 0 unspecified atom stereocenters. The fraction of sp³-hybridized carbons (Fsp3) is 0.333. The summed E-state index contributed by atoms with van der Waals surface area (Å²) < 4.78 is 0. The summed E-state index contributed by atoms with van der Waals surface area (Å²) in [6, 6.07) is 12.9. The first-order chi connectivity index (χ1) is 10.8. The van der Waals surface area contributed by atoms with Gasteiger partial charge in [0, 0.05) is 18.4 Å². The maximum Gasteiger partial charge on any atom is 0.189 e. The van der Waals surface area contributed by atoms with Crippen molar-refractivity contribution in [3.63, 3.8) is 0 Å². The van der Waals surface area contributed by atoms with Crippen molar-refractivity contribution in [2.45, 2.75) is 38.3 Å². The summed E-state index contributed by atoms with van der Waals surface area (Å²) >= 11 is 0. The molecule has 0 radical (unpaired) electrons. The number of nitrogens with zero attached hydrogens (tertiary/aromatic N) is 2. The first kappa shape index (κ1) is 17.7. The third-order valence-corrected chi connectivity index (χ3v) is 4.06. The van der Waals surface area contributed by atoms with Gasteiger partial charge < -0.3 is 11.1 Å². The van der Waals surface area contributed by atoms with E-state index < -0.39 is 0 Å².